The second kappa shape index (κ2) is 7.76. The summed E-state index contributed by atoms with van der Waals surface area (Å²) in [6, 6.07) is 4.13. The number of carbonyl (C=O) groups excluding carboxylic acids is 1. The number of hydrogen-bond donors (Lipinski definition) is 2. The molecule has 1 aromatic rings. The number of amides is 1. The molecule has 1 aliphatic carbocycles. The van der Waals surface area contributed by atoms with E-state index in [-0.39, 0.29) is 29.1 Å². The van der Waals surface area contributed by atoms with Gasteiger partial charge in [-0.15, -0.1) is 0 Å². The molecular formula is C16H21ClFNO2. The normalized spacial score (nSPS) is 17.5. The van der Waals surface area contributed by atoms with Gasteiger partial charge in [-0.25, -0.2) is 4.39 Å². The molecule has 0 aliphatic heterocycles. The maximum atomic E-state index is 13.4. The molecule has 2 N–H and O–H groups in total. The van der Waals surface area contributed by atoms with Crippen LogP contribution in [0.1, 0.15) is 48.9 Å². The van der Waals surface area contributed by atoms with Crippen LogP contribution in [0.4, 0.5) is 4.39 Å². The maximum absolute atomic E-state index is 13.4. The second-order valence-corrected chi connectivity index (χ2v) is 5.97. The smallest absolute Gasteiger partial charge is 0.253 e. The van der Waals surface area contributed by atoms with Crippen molar-refractivity contribution in [2.24, 2.45) is 5.92 Å². The standard InChI is InChI=1S/C16H21ClFNO2/c17-15-12(7-4-8-13(15)18)16(21)19-14(9-10-20)11-5-2-1-3-6-11/h4,7-8,11,14,20H,1-3,5-6,9-10H2,(H,19,21). The van der Waals surface area contributed by atoms with Gasteiger partial charge in [-0.1, -0.05) is 36.9 Å². The molecule has 0 radical (unpaired) electrons. The van der Waals surface area contributed by atoms with E-state index in [1.165, 1.54) is 24.6 Å². The molecule has 1 amide bonds. The van der Waals surface area contributed by atoms with Crippen LogP contribution >= 0.6 is 11.6 Å². The predicted molar refractivity (Wildman–Crippen MR) is 80.9 cm³/mol. The van der Waals surface area contributed by atoms with E-state index >= 15 is 0 Å². The van der Waals surface area contributed by atoms with E-state index in [2.05, 4.69) is 5.32 Å². The fourth-order valence-corrected chi connectivity index (χ4v) is 3.24. The summed E-state index contributed by atoms with van der Waals surface area (Å²) in [5.41, 5.74) is 0.149. The third kappa shape index (κ3) is 4.17. The number of rotatable bonds is 5. The van der Waals surface area contributed by atoms with Gasteiger partial charge >= 0.3 is 0 Å². The van der Waals surface area contributed by atoms with E-state index in [1.807, 2.05) is 0 Å². The SMILES string of the molecule is O=C(NC(CCO)C1CCCCC1)c1cccc(F)c1Cl. The molecule has 1 unspecified atom stereocenters. The highest BCUT2D eigenvalue weighted by Gasteiger charge is 2.26. The molecule has 3 nitrogen and oxygen atoms in total. The van der Waals surface area contributed by atoms with E-state index in [4.69, 9.17) is 11.6 Å². The van der Waals surface area contributed by atoms with Crippen LogP contribution in [0.2, 0.25) is 5.02 Å². The number of benzene rings is 1. The van der Waals surface area contributed by atoms with E-state index < -0.39 is 5.82 Å². The summed E-state index contributed by atoms with van der Waals surface area (Å²) in [5.74, 6) is -0.591. The zero-order valence-corrected chi connectivity index (χ0v) is 12.7. The molecule has 116 valence electrons. The Labute approximate surface area is 129 Å². The van der Waals surface area contributed by atoms with E-state index in [0.717, 1.165) is 25.7 Å². The number of hydrogen-bond acceptors (Lipinski definition) is 2. The predicted octanol–water partition coefficient (Wildman–Crippen LogP) is 3.54. The number of carbonyl (C=O) groups is 1. The molecule has 0 heterocycles. The van der Waals surface area contributed by atoms with Gasteiger partial charge in [0.15, 0.2) is 0 Å². The Balaban J connectivity index is 2.08. The van der Waals surface area contributed by atoms with Crippen molar-refractivity contribution in [3.05, 3.63) is 34.6 Å². The zero-order valence-electron chi connectivity index (χ0n) is 11.9. The van der Waals surface area contributed by atoms with Crippen LogP contribution in [0.25, 0.3) is 0 Å². The Morgan fingerprint density at radius 2 is 2.10 bits per heavy atom. The zero-order chi connectivity index (χ0) is 15.2. The summed E-state index contributed by atoms with van der Waals surface area (Å²) >= 11 is 5.85. The summed E-state index contributed by atoms with van der Waals surface area (Å²) in [4.78, 5) is 12.3. The molecule has 0 bridgehead atoms. The van der Waals surface area contributed by atoms with Gasteiger partial charge in [-0.3, -0.25) is 4.79 Å². The topological polar surface area (TPSA) is 49.3 Å². The van der Waals surface area contributed by atoms with Crippen molar-refractivity contribution in [3.63, 3.8) is 0 Å². The first-order valence-corrected chi connectivity index (χ1v) is 7.87. The van der Waals surface area contributed by atoms with Crippen LogP contribution in [0.5, 0.6) is 0 Å². The second-order valence-electron chi connectivity index (χ2n) is 5.59. The van der Waals surface area contributed by atoms with Crippen LogP contribution in [0.15, 0.2) is 18.2 Å². The minimum atomic E-state index is -0.597. The molecule has 0 aromatic heterocycles. The Kier molecular flexibility index (Phi) is 6.00. The molecule has 1 aliphatic rings. The fourth-order valence-electron chi connectivity index (χ4n) is 3.03. The van der Waals surface area contributed by atoms with Crippen molar-refractivity contribution in [1.29, 1.82) is 0 Å². The van der Waals surface area contributed by atoms with Gasteiger partial charge in [0.05, 0.1) is 10.6 Å². The van der Waals surface area contributed by atoms with Crippen LogP contribution in [-0.2, 0) is 0 Å². The van der Waals surface area contributed by atoms with Crippen molar-refractivity contribution in [2.75, 3.05) is 6.61 Å². The minimum Gasteiger partial charge on any atom is -0.396 e. The lowest BCUT2D eigenvalue weighted by molar-refractivity contribution is 0.0899. The van der Waals surface area contributed by atoms with Gasteiger partial charge in [0.1, 0.15) is 5.82 Å². The first-order valence-electron chi connectivity index (χ1n) is 7.49. The highest BCUT2D eigenvalue weighted by molar-refractivity contribution is 6.34. The third-order valence-corrected chi connectivity index (χ3v) is 4.56. The average Bonchev–Trinajstić information content (AvgIpc) is 2.50. The molecule has 1 atom stereocenters. The quantitative estimate of drug-likeness (QED) is 0.873. The molecule has 0 spiro atoms. The number of halogens is 2. The summed E-state index contributed by atoms with van der Waals surface area (Å²) in [7, 11) is 0. The van der Waals surface area contributed by atoms with E-state index in [1.54, 1.807) is 0 Å². The van der Waals surface area contributed by atoms with Gasteiger partial charge in [0.2, 0.25) is 0 Å². The van der Waals surface area contributed by atoms with Gasteiger partial charge in [0, 0.05) is 12.6 Å². The molecule has 0 saturated heterocycles. The molecule has 2 rings (SSSR count). The highest BCUT2D eigenvalue weighted by atomic mass is 35.5. The Hall–Kier alpha value is -1.13. The Morgan fingerprint density at radius 3 is 2.76 bits per heavy atom. The van der Waals surface area contributed by atoms with Crippen molar-refractivity contribution in [2.45, 2.75) is 44.6 Å². The van der Waals surface area contributed by atoms with Gasteiger partial charge in [0.25, 0.3) is 5.91 Å². The first kappa shape index (κ1) is 16.2. The van der Waals surface area contributed by atoms with Gasteiger partial charge in [-0.05, 0) is 37.3 Å². The van der Waals surface area contributed by atoms with Crippen LogP contribution < -0.4 is 5.32 Å². The fraction of sp³-hybridized carbons (Fsp3) is 0.562. The third-order valence-electron chi connectivity index (χ3n) is 4.17. The van der Waals surface area contributed by atoms with Crippen LogP contribution in [0, 0.1) is 11.7 Å². The van der Waals surface area contributed by atoms with Crippen LogP contribution in [0.3, 0.4) is 0 Å². The number of nitrogens with one attached hydrogen (secondary N) is 1. The Bertz CT molecular complexity index is 489. The van der Waals surface area contributed by atoms with E-state index in [0.29, 0.717) is 12.3 Å². The van der Waals surface area contributed by atoms with Crippen molar-refractivity contribution < 1.29 is 14.3 Å². The molecule has 1 saturated carbocycles. The lowest BCUT2D eigenvalue weighted by Gasteiger charge is -2.30. The van der Waals surface area contributed by atoms with Gasteiger partial charge in [-0.2, -0.15) is 0 Å². The summed E-state index contributed by atoms with van der Waals surface area (Å²) in [6.07, 6.45) is 6.17. The summed E-state index contributed by atoms with van der Waals surface area (Å²) in [5, 5.41) is 12.0. The largest absolute Gasteiger partial charge is 0.396 e. The summed E-state index contributed by atoms with van der Waals surface area (Å²) in [6.45, 7) is 0.0261. The lowest BCUT2D eigenvalue weighted by atomic mass is 9.82. The first-order chi connectivity index (χ1) is 10.1. The number of aliphatic hydroxyl groups is 1. The molecule has 21 heavy (non-hydrogen) atoms. The monoisotopic (exact) mass is 313 g/mol. The van der Waals surface area contributed by atoms with Crippen molar-refractivity contribution in [3.8, 4) is 0 Å². The van der Waals surface area contributed by atoms with Gasteiger partial charge < -0.3 is 10.4 Å². The van der Waals surface area contributed by atoms with E-state index in [9.17, 15) is 14.3 Å². The maximum Gasteiger partial charge on any atom is 0.253 e. The molecule has 5 heteroatoms. The highest BCUT2D eigenvalue weighted by Crippen LogP contribution is 2.28. The average molecular weight is 314 g/mol. The van der Waals surface area contributed by atoms with Crippen molar-refractivity contribution >= 4 is 17.5 Å². The molecular weight excluding hydrogens is 293 g/mol. The molecule has 1 aromatic carbocycles. The minimum absolute atomic E-state index is 0.0261. The lowest BCUT2D eigenvalue weighted by Crippen LogP contribution is -2.41. The Morgan fingerprint density at radius 1 is 1.38 bits per heavy atom. The summed E-state index contributed by atoms with van der Waals surface area (Å²) < 4.78 is 13.4. The van der Waals surface area contributed by atoms with Crippen molar-refractivity contribution in [1.82, 2.24) is 5.32 Å². The number of aliphatic hydroxyl groups excluding tert-OH is 1. The molecule has 1 fully saturated rings. The van der Waals surface area contributed by atoms with Crippen LogP contribution in [-0.4, -0.2) is 23.7 Å².